The van der Waals surface area contributed by atoms with E-state index in [2.05, 4.69) is 19.9 Å². The van der Waals surface area contributed by atoms with Crippen LogP contribution in [0.15, 0.2) is 48.9 Å². The van der Waals surface area contributed by atoms with Crippen LogP contribution < -0.4 is 15.2 Å². The van der Waals surface area contributed by atoms with Crippen LogP contribution >= 0.6 is 0 Å². The summed E-state index contributed by atoms with van der Waals surface area (Å²) in [4.78, 5) is 58.4. The first-order valence-corrected chi connectivity index (χ1v) is 11.8. The zero-order valence-electron chi connectivity index (χ0n) is 20.8. The number of nitrogens with one attached hydrogen (secondary N) is 1. The van der Waals surface area contributed by atoms with Crippen LogP contribution in [-0.2, 0) is 4.79 Å². The third-order valence-corrected chi connectivity index (χ3v) is 6.41. The van der Waals surface area contributed by atoms with Gasteiger partial charge >= 0.3 is 0 Å². The predicted octanol–water partition coefficient (Wildman–Crippen LogP) is 1.79. The molecule has 194 valence electrons. The topological polar surface area (TPSA) is 157 Å². The van der Waals surface area contributed by atoms with Gasteiger partial charge in [0.25, 0.3) is 23.5 Å². The molecule has 0 spiro atoms. The number of aromatic nitrogens is 4. The molecule has 1 aliphatic heterocycles. The van der Waals surface area contributed by atoms with Crippen LogP contribution in [-0.4, -0.2) is 87.7 Å². The molecule has 12 nitrogen and oxygen atoms in total. The molecule has 1 aromatic carbocycles. The largest absolute Gasteiger partial charge is 0.494 e. The van der Waals surface area contributed by atoms with Gasteiger partial charge in [0, 0.05) is 37.9 Å². The molecule has 1 saturated heterocycles. The summed E-state index contributed by atoms with van der Waals surface area (Å²) >= 11 is 0. The number of fused-ring (bicyclic) bond motifs is 1. The number of piperazine rings is 1. The number of hydrogen-bond donors (Lipinski definition) is 2. The smallest absolute Gasteiger partial charge is 0.295 e. The van der Waals surface area contributed by atoms with Gasteiger partial charge in [-0.1, -0.05) is 18.2 Å². The number of ketones is 1. The maximum absolute atomic E-state index is 13.4. The van der Waals surface area contributed by atoms with Crippen molar-refractivity contribution in [3.63, 3.8) is 0 Å². The van der Waals surface area contributed by atoms with Gasteiger partial charge in [-0.25, -0.2) is 15.0 Å². The quantitative estimate of drug-likeness (QED) is 0.289. The fraction of sp³-hybridized carbons (Fsp3) is 0.231. The highest BCUT2D eigenvalue weighted by Gasteiger charge is 2.31. The van der Waals surface area contributed by atoms with Gasteiger partial charge in [-0.3, -0.25) is 14.4 Å². The van der Waals surface area contributed by atoms with Crippen LogP contribution in [0.4, 0.5) is 5.82 Å². The first kappa shape index (κ1) is 24.7. The molecule has 0 unspecified atom stereocenters. The Labute approximate surface area is 217 Å². The number of nitrogens with two attached hydrogens (primary N) is 1. The molecule has 12 heteroatoms. The van der Waals surface area contributed by atoms with Crippen molar-refractivity contribution in [2.45, 2.75) is 0 Å². The molecular weight excluding hydrogens is 490 g/mol. The fourth-order valence-corrected chi connectivity index (χ4v) is 4.43. The number of amides is 2. The lowest BCUT2D eigenvalue weighted by Gasteiger charge is -2.34. The van der Waals surface area contributed by atoms with Crippen molar-refractivity contribution >= 4 is 34.3 Å². The first-order valence-electron chi connectivity index (χ1n) is 11.8. The minimum atomic E-state index is -0.699. The summed E-state index contributed by atoms with van der Waals surface area (Å²) in [5.74, 6) is -0.888. The third-order valence-electron chi connectivity index (χ3n) is 6.41. The van der Waals surface area contributed by atoms with Crippen molar-refractivity contribution in [2.75, 3.05) is 46.1 Å². The summed E-state index contributed by atoms with van der Waals surface area (Å²) in [5, 5.41) is 0.395. The summed E-state index contributed by atoms with van der Waals surface area (Å²) in [6.07, 6.45) is 4.34. The standard InChI is InChI=1S/C26H25N7O5/c1-37-18-14-29-20(17-13-30-23(27)24(31-17)38-2)21-19(18)16(12-28-21)22(34)26(36)33-10-8-32(9-11-33)25(35)15-6-4-3-5-7-15/h3-7,12-14,28H,8-11H2,1-2H3,(H2,27,30). The Morgan fingerprint density at radius 3 is 2.34 bits per heavy atom. The van der Waals surface area contributed by atoms with Gasteiger partial charge in [-0.15, -0.1) is 0 Å². The second-order valence-electron chi connectivity index (χ2n) is 8.56. The van der Waals surface area contributed by atoms with E-state index in [0.29, 0.717) is 46.7 Å². The van der Waals surface area contributed by atoms with Crippen molar-refractivity contribution < 1.29 is 23.9 Å². The molecule has 4 aromatic rings. The summed E-state index contributed by atoms with van der Waals surface area (Å²) < 4.78 is 10.6. The van der Waals surface area contributed by atoms with Crippen molar-refractivity contribution in [3.8, 4) is 23.0 Å². The molecule has 1 aliphatic rings. The molecule has 0 atom stereocenters. The number of carbonyl (C=O) groups is 3. The second kappa shape index (κ2) is 10.2. The Kier molecular flexibility index (Phi) is 6.60. The number of rotatable bonds is 6. The zero-order valence-corrected chi connectivity index (χ0v) is 20.8. The lowest BCUT2D eigenvalue weighted by molar-refractivity contribution is -0.127. The van der Waals surface area contributed by atoms with Gasteiger partial charge in [-0.05, 0) is 12.1 Å². The van der Waals surface area contributed by atoms with E-state index in [1.54, 1.807) is 29.2 Å². The van der Waals surface area contributed by atoms with Crippen molar-refractivity contribution in [1.29, 1.82) is 0 Å². The van der Waals surface area contributed by atoms with E-state index < -0.39 is 11.7 Å². The van der Waals surface area contributed by atoms with Crippen molar-refractivity contribution in [1.82, 2.24) is 29.7 Å². The van der Waals surface area contributed by atoms with Crippen LogP contribution in [0.1, 0.15) is 20.7 Å². The van der Waals surface area contributed by atoms with Crippen LogP contribution in [0.2, 0.25) is 0 Å². The third kappa shape index (κ3) is 4.36. The maximum atomic E-state index is 13.4. The molecule has 0 radical (unpaired) electrons. The first-order chi connectivity index (χ1) is 18.4. The Balaban J connectivity index is 1.39. The van der Waals surface area contributed by atoms with Crippen LogP contribution in [0.3, 0.4) is 0 Å². The van der Waals surface area contributed by atoms with Crippen molar-refractivity contribution in [3.05, 3.63) is 60.0 Å². The van der Waals surface area contributed by atoms with Crippen LogP contribution in [0, 0.1) is 0 Å². The summed E-state index contributed by atoms with van der Waals surface area (Å²) in [6.45, 7) is 1.15. The Morgan fingerprint density at radius 2 is 1.66 bits per heavy atom. The van der Waals surface area contributed by atoms with E-state index in [9.17, 15) is 14.4 Å². The van der Waals surface area contributed by atoms with Gasteiger partial charge in [0.15, 0.2) is 5.82 Å². The fourth-order valence-electron chi connectivity index (χ4n) is 4.43. The molecule has 3 N–H and O–H groups in total. The van der Waals surface area contributed by atoms with Gasteiger partial charge in [0.2, 0.25) is 0 Å². The molecule has 5 rings (SSSR count). The molecule has 0 saturated carbocycles. The molecule has 38 heavy (non-hydrogen) atoms. The molecule has 4 heterocycles. The number of ether oxygens (including phenoxy) is 2. The number of anilines is 1. The number of carbonyl (C=O) groups excluding carboxylic acids is 3. The number of Topliss-reactive ketones (excluding diaryl/α,β-unsaturated/α-hetero) is 1. The molecule has 0 aliphatic carbocycles. The predicted molar refractivity (Wildman–Crippen MR) is 138 cm³/mol. The van der Waals surface area contributed by atoms with Gasteiger partial charge in [-0.2, -0.15) is 0 Å². The number of H-pyrrole nitrogens is 1. The van der Waals surface area contributed by atoms with E-state index in [-0.39, 0.29) is 36.3 Å². The van der Waals surface area contributed by atoms with E-state index in [1.165, 1.54) is 37.7 Å². The monoisotopic (exact) mass is 515 g/mol. The van der Waals surface area contributed by atoms with Crippen molar-refractivity contribution in [2.24, 2.45) is 0 Å². The summed E-state index contributed by atoms with van der Waals surface area (Å²) in [6, 6.07) is 8.96. The average molecular weight is 516 g/mol. The summed E-state index contributed by atoms with van der Waals surface area (Å²) in [5.41, 5.74) is 7.69. The number of nitrogens with zero attached hydrogens (tertiary/aromatic N) is 5. The van der Waals surface area contributed by atoms with E-state index in [0.717, 1.165) is 0 Å². The lowest BCUT2D eigenvalue weighted by atomic mass is 10.1. The van der Waals surface area contributed by atoms with E-state index in [4.69, 9.17) is 15.2 Å². The lowest BCUT2D eigenvalue weighted by Crippen LogP contribution is -2.52. The highest BCUT2D eigenvalue weighted by molar-refractivity contribution is 6.45. The SMILES string of the molecule is COc1nc(-c2ncc(OC)c3c(C(=O)C(=O)N4CCN(C(=O)c5ccccc5)CC4)c[nH]c23)cnc1N. The number of methoxy groups -OCH3 is 2. The summed E-state index contributed by atoms with van der Waals surface area (Å²) in [7, 11) is 2.88. The molecule has 2 amide bonds. The minimum Gasteiger partial charge on any atom is -0.494 e. The van der Waals surface area contributed by atoms with Gasteiger partial charge in [0.05, 0.1) is 43.1 Å². The number of benzene rings is 1. The number of aromatic amines is 1. The number of nitrogen functional groups attached to an aromatic ring is 1. The highest BCUT2D eigenvalue weighted by atomic mass is 16.5. The Hall–Kier alpha value is -5.00. The zero-order chi connectivity index (χ0) is 26.8. The van der Waals surface area contributed by atoms with E-state index in [1.807, 2.05) is 6.07 Å². The van der Waals surface area contributed by atoms with Gasteiger partial charge in [0.1, 0.15) is 17.1 Å². The maximum Gasteiger partial charge on any atom is 0.295 e. The molecule has 1 fully saturated rings. The van der Waals surface area contributed by atoms with E-state index >= 15 is 0 Å². The van der Waals surface area contributed by atoms with Gasteiger partial charge < -0.3 is 30.0 Å². The number of hydrogen-bond acceptors (Lipinski definition) is 9. The molecule has 3 aromatic heterocycles. The van der Waals surface area contributed by atoms with Crippen LogP contribution in [0.5, 0.6) is 11.6 Å². The van der Waals surface area contributed by atoms with Crippen LogP contribution in [0.25, 0.3) is 22.3 Å². The average Bonchev–Trinajstić information content (AvgIpc) is 3.42. The molecular formula is C26H25N7O5. The highest BCUT2D eigenvalue weighted by Crippen LogP contribution is 2.35. The molecule has 0 bridgehead atoms. The minimum absolute atomic E-state index is 0.104. The normalized spacial score (nSPS) is 13.4. The Bertz CT molecular complexity index is 1530. The Morgan fingerprint density at radius 1 is 0.947 bits per heavy atom. The second-order valence-corrected chi connectivity index (χ2v) is 8.56. The number of pyridine rings is 1.